The molecule has 168 valence electrons. The Kier molecular flexibility index (Phi) is 6.19. The normalized spacial score (nSPS) is 16.4. The third-order valence-electron chi connectivity index (χ3n) is 6.12. The number of carbonyl (C=O) groups is 2. The lowest BCUT2D eigenvalue weighted by atomic mass is 9.87. The van der Waals surface area contributed by atoms with Crippen LogP contribution in [0.1, 0.15) is 49.9 Å². The summed E-state index contributed by atoms with van der Waals surface area (Å²) in [5, 5.41) is 10.8. The fraction of sp³-hybridized carbons (Fsp3) is 0.241. The van der Waals surface area contributed by atoms with E-state index >= 15 is 0 Å². The number of nitrogens with zero attached hydrogens (tertiary/aromatic N) is 1. The Morgan fingerprint density at radius 3 is 2.03 bits per heavy atom. The zero-order chi connectivity index (χ0) is 23.6. The van der Waals surface area contributed by atoms with E-state index in [2.05, 4.69) is 20.8 Å². The summed E-state index contributed by atoms with van der Waals surface area (Å²) in [4.78, 5) is 28.1. The number of aliphatic hydroxyl groups excluding tert-OH is 1. The summed E-state index contributed by atoms with van der Waals surface area (Å²) in [5.41, 5.74) is 3.77. The summed E-state index contributed by atoms with van der Waals surface area (Å²) in [7, 11) is 0. The van der Waals surface area contributed by atoms with Gasteiger partial charge in [-0.25, -0.2) is 0 Å². The van der Waals surface area contributed by atoms with E-state index in [0.717, 1.165) is 16.7 Å². The predicted octanol–water partition coefficient (Wildman–Crippen LogP) is 6.09. The zero-order valence-electron chi connectivity index (χ0n) is 19.3. The number of Topliss-reactive ketones (excluding diaryl/α,β-unsaturated/α-hetero) is 1. The van der Waals surface area contributed by atoms with E-state index in [-0.39, 0.29) is 23.2 Å². The van der Waals surface area contributed by atoms with Crippen molar-refractivity contribution in [3.05, 3.63) is 113 Å². The molecule has 4 heteroatoms. The molecular formula is C29H29NO3. The maximum absolute atomic E-state index is 13.3. The summed E-state index contributed by atoms with van der Waals surface area (Å²) in [6, 6.07) is 26.3. The molecule has 1 amide bonds. The molecule has 0 bridgehead atoms. The average molecular weight is 440 g/mol. The van der Waals surface area contributed by atoms with Gasteiger partial charge in [0.05, 0.1) is 11.6 Å². The van der Waals surface area contributed by atoms with Crippen LogP contribution in [0.3, 0.4) is 0 Å². The first-order valence-corrected chi connectivity index (χ1v) is 11.3. The van der Waals surface area contributed by atoms with E-state index in [1.807, 2.05) is 84.9 Å². The molecule has 4 nitrogen and oxygen atoms in total. The summed E-state index contributed by atoms with van der Waals surface area (Å²) in [6.07, 6.45) is 0.767. The van der Waals surface area contributed by atoms with Gasteiger partial charge in [0.1, 0.15) is 0 Å². The topological polar surface area (TPSA) is 57.6 Å². The van der Waals surface area contributed by atoms with Crippen molar-refractivity contribution in [2.45, 2.75) is 45.1 Å². The molecule has 0 fully saturated rings. The molecule has 3 aromatic rings. The van der Waals surface area contributed by atoms with E-state index in [4.69, 9.17) is 0 Å². The lowest BCUT2D eigenvalue weighted by molar-refractivity contribution is -0.118. The van der Waals surface area contributed by atoms with Crippen LogP contribution in [0.2, 0.25) is 0 Å². The van der Waals surface area contributed by atoms with Crippen LogP contribution in [0, 0.1) is 0 Å². The fourth-order valence-electron chi connectivity index (χ4n) is 4.27. The van der Waals surface area contributed by atoms with Gasteiger partial charge in [0.25, 0.3) is 5.91 Å². The highest BCUT2D eigenvalue weighted by Gasteiger charge is 2.44. The average Bonchev–Trinajstić information content (AvgIpc) is 3.09. The second-order valence-corrected chi connectivity index (χ2v) is 9.46. The van der Waals surface area contributed by atoms with Crippen molar-refractivity contribution < 1.29 is 14.7 Å². The Hall–Kier alpha value is -3.66. The third-order valence-corrected chi connectivity index (χ3v) is 6.12. The molecule has 4 rings (SSSR count). The minimum absolute atomic E-state index is 0.0225. The van der Waals surface area contributed by atoms with Crippen molar-refractivity contribution in [1.82, 2.24) is 0 Å². The lowest BCUT2D eigenvalue weighted by Gasteiger charge is -2.28. The molecule has 0 spiro atoms. The number of aliphatic hydroxyl groups is 1. The van der Waals surface area contributed by atoms with Crippen LogP contribution in [0.5, 0.6) is 0 Å². The summed E-state index contributed by atoms with van der Waals surface area (Å²) in [6.45, 7) is 6.39. The second kappa shape index (κ2) is 9.07. The quantitative estimate of drug-likeness (QED) is 0.506. The van der Waals surface area contributed by atoms with Gasteiger partial charge in [0, 0.05) is 12.1 Å². The molecule has 1 N–H and O–H groups in total. The van der Waals surface area contributed by atoms with Crippen LogP contribution >= 0.6 is 0 Å². The highest BCUT2D eigenvalue weighted by Crippen LogP contribution is 2.41. The van der Waals surface area contributed by atoms with Crippen LogP contribution in [-0.4, -0.2) is 16.8 Å². The number of carbonyl (C=O) groups excluding carboxylic acids is 2. The van der Waals surface area contributed by atoms with Crippen molar-refractivity contribution in [3.8, 4) is 0 Å². The van der Waals surface area contributed by atoms with E-state index in [9.17, 15) is 14.7 Å². The molecule has 33 heavy (non-hydrogen) atoms. The number of anilines is 1. The van der Waals surface area contributed by atoms with Crippen molar-refractivity contribution in [2.75, 3.05) is 4.90 Å². The van der Waals surface area contributed by atoms with Crippen LogP contribution in [0.25, 0.3) is 0 Å². The zero-order valence-corrected chi connectivity index (χ0v) is 19.3. The molecule has 1 aliphatic rings. The molecule has 1 aliphatic heterocycles. The Bertz CT molecular complexity index is 1170. The van der Waals surface area contributed by atoms with Gasteiger partial charge >= 0.3 is 0 Å². The number of amides is 1. The van der Waals surface area contributed by atoms with Gasteiger partial charge in [-0.15, -0.1) is 0 Å². The summed E-state index contributed by atoms with van der Waals surface area (Å²) >= 11 is 0. The van der Waals surface area contributed by atoms with Gasteiger partial charge in [-0.1, -0.05) is 93.6 Å². The molecule has 1 atom stereocenters. The maximum atomic E-state index is 13.3. The van der Waals surface area contributed by atoms with Gasteiger partial charge in [-0.05, 0) is 40.7 Å². The molecule has 1 heterocycles. The molecular weight excluding hydrogens is 410 g/mol. The maximum Gasteiger partial charge on any atom is 0.294 e. The SMILES string of the molecule is CC(C)(C)c1ccc(N2C(=O)C(O)=C(C(=O)CCc3ccccc3)C2c2ccccc2)cc1. The van der Waals surface area contributed by atoms with Gasteiger partial charge in [-0.3, -0.25) is 14.5 Å². The Morgan fingerprint density at radius 1 is 0.879 bits per heavy atom. The largest absolute Gasteiger partial charge is 0.503 e. The highest BCUT2D eigenvalue weighted by atomic mass is 16.3. The van der Waals surface area contributed by atoms with Crippen molar-refractivity contribution in [1.29, 1.82) is 0 Å². The number of benzene rings is 3. The van der Waals surface area contributed by atoms with Crippen LogP contribution in [0.15, 0.2) is 96.3 Å². The Balaban J connectivity index is 1.70. The van der Waals surface area contributed by atoms with Crippen LogP contribution in [-0.2, 0) is 21.4 Å². The Morgan fingerprint density at radius 2 is 1.45 bits per heavy atom. The van der Waals surface area contributed by atoms with Gasteiger partial charge in [0.15, 0.2) is 11.5 Å². The first-order valence-electron chi connectivity index (χ1n) is 11.3. The van der Waals surface area contributed by atoms with E-state index in [0.29, 0.717) is 12.1 Å². The van der Waals surface area contributed by atoms with Crippen molar-refractivity contribution in [3.63, 3.8) is 0 Å². The minimum Gasteiger partial charge on any atom is -0.503 e. The highest BCUT2D eigenvalue weighted by molar-refractivity contribution is 6.16. The minimum atomic E-state index is -0.664. The first-order chi connectivity index (χ1) is 15.8. The van der Waals surface area contributed by atoms with Crippen molar-refractivity contribution in [2.24, 2.45) is 0 Å². The molecule has 0 aromatic heterocycles. The number of aryl methyl sites for hydroxylation is 1. The van der Waals surface area contributed by atoms with Crippen LogP contribution in [0.4, 0.5) is 5.69 Å². The van der Waals surface area contributed by atoms with E-state index < -0.39 is 17.7 Å². The summed E-state index contributed by atoms with van der Waals surface area (Å²) in [5.74, 6) is -1.22. The van der Waals surface area contributed by atoms with Crippen molar-refractivity contribution >= 4 is 17.4 Å². The van der Waals surface area contributed by atoms with Crippen LogP contribution < -0.4 is 4.90 Å². The van der Waals surface area contributed by atoms with E-state index in [1.165, 1.54) is 4.90 Å². The smallest absolute Gasteiger partial charge is 0.294 e. The molecule has 0 radical (unpaired) electrons. The monoisotopic (exact) mass is 439 g/mol. The van der Waals surface area contributed by atoms with Gasteiger partial charge < -0.3 is 5.11 Å². The molecule has 0 saturated carbocycles. The fourth-order valence-corrected chi connectivity index (χ4v) is 4.27. The van der Waals surface area contributed by atoms with Gasteiger partial charge in [-0.2, -0.15) is 0 Å². The third kappa shape index (κ3) is 4.61. The Labute approximate surface area is 195 Å². The standard InChI is InChI=1S/C29H29NO3/c1-29(2,3)22-15-17-23(18-16-22)30-26(21-12-8-5-9-13-21)25(27(32)28(30)33)24(31)19-14-20-10-6-4-7-11-20/h4-13,15-18,26,32H,14,19H2,1-3H3. The number of rotatable bonds is 6. The summed E-state index contributed by atoms with van der Waals surface area (Å²) < 4.78 is 0. The van der Waals surface area contributed by atoms with E-state index in [1.54, 1.807) is 0 Å². The van der Waals surface area contributed by atoms with Gasteiger partial charge in [0.2, 0.25) is 0 Å². The molecule has 0 saturated heterocycles. The predicted molar refractivity (Wildman–Crippen MR) is 131 cm³/mol. The molecule has 3 aromatic carbocycles. The molecule has 0 aliphatic carbocycles. The lowest BCUT2D eigenvalue weighted by Crippen LogP contribution is -2.31. The number of ketones is 1. The number of hydrogen-bond donors (Lipinski definition) is 1. The molecule has 1 unspecified atom stereocenters. The first kappa shape index (κ1) is 22.5. The second-order valence-electron chi connectivity index (χ2n) is 9.46. The number of hydrogen-bond acceptors (Lipinski definition) is 3.